The van der Waals surface area contributed by atoms with Crippen molar-refractivity contribution in [3.63, 3.8) is 0 Å². The molecule has 0 radical (unpaired) electrons. The first kappa shape index (κ1) is 15.2. The number of benzene rings is 1. The summed E-state index contributed by atoms with van der Waals surface area (Å²) in [6.45, 7) is 2.97. The smallest absolute Gasteiger partial charge is 0.123 e. The van der Waals surface area contributed by atoms with Gasteiger partial charge in [-0.15, -0.1) is 0 Å². The summed E-state index contributed by atoms with van der Waals surface area (Å²) in [6, 6.07) is 6.55. The Morgan fingerprint density at radius 3 is 2.82 bits per heavy atom. The van der Waals surface area contributed by atoms with Crippen LogP contribution in [-0.4, -0.2) is 38.7 Å². The Labute approximate surface area is 130 Å². The Bertz CT molecular complexity index is 570. The highest BCUT2D eigenvalue weighted by Crippen LogP contribution is 2.27. The number of likely N-dealkylation sites (tertiary alicyclic amines) is 1. The lowest BCUT2D eigenvalue weighted by atomic mass is 10.0. The van der Waals surface area contributed by atoms with Gasteiger partial charge in [-0.25, -0.2) is 9.37 Å². The molecule has 1 aliphatic heterocycles. The first-order valence-electron chi connectivity index (χ1n) is 7.85. The predicted octanol–water partition coefficient (Wildman–Crippen LogP) is 2.61. The SMILES string of the molecule is OC(CC1CCCN1CCn1ccnc1)c1ccc(F)cc1. The molecule has 5 heteroatoms. The fraction of sp³-hybridized carbons (Fsp3) is 0.471. The number of aliphatic hydroxyl groups excluding tert-OH is 1. The molecule has 1 aliphatic rings. The molecule has 1 N–H and O–H groups in total. The van der Waals surface area contributed by atoms with Crippen molar-refractivity contribution in [2.75, 3.05) is 13.1 Å². The van der Waals surface area contributed by atoms with Crippen LogP contribution in [0.2, 0.25) is 0 Å². The van der Waals surface area contributed by atoms with Gasteiger partial charge >= 0.3 is 0 Å². The summed E-state index contributed by atoms with van der Waals surface area (Å²) in [7, 11) is 0. The average Bonchev–Trinajstić information content (AvgIpc) is 3.17. The van der Waals surface area contributed by atoms with Gasteiger partial charge in [0, 0.05) is 31.5 Å². The third kappa shape index (κ3) is 3.72. The van der Waals surface area contributed by atoms with Crippen LogP contribution in [0.3, 0.4) is 0 Å². The van der Waals surface area contributed by atoms with Gasteiger partial charge in [-0.1, -0.05) is 12.1 Å². The third-order valence-corrected chi connectivity index (χ3v) is 4.45. The van der Waals surface area contributed by atoms with Gasteiger partial charge in [-0.2, -0.15) is 0 Å². The van der Waals surface area contributed by atoms with Crippen LogP contribution >= 0.6 is 0 Å². The average molecular weight is 303 g/mol. The summed E-state index contributed by atoms with van der Waals surface area (Å²) < 4.78 is 15.0. The molecule has 3 rings (SSSR count). The summed E-state index contributed by atoms with van der Waals surface area (Å²) in [5, 5.41) is 10.4. The number of hydrogen-bond donors (Lipinski definition) is 1. The quantitative estimate of drug-likeness (QED) is 0.892. The van der Waals surface area contributed by atoms with E-state index in [0.29, 0.717) is 12.5 Å². The van der Waals surface area contributed by atoms with Crippen LogP contribution < -0.4 is 0 Å². The van der Waals surface area contributed by atoms with E-state index >= 15 is 0 Å². The molecule has 0 aliphatic carbocycles. The molecule has 0 bridgehead atoms. The molecule has 0 amide bonds. The lowest BCUT2D eigenvalue weighted by molar-refractivity contribution is 0.119. The number of halogens is 1. The lowest BCUT2D eigenvalue weighted by Gasteiger charge is -2.26. The normalized spacial score (nSPS) is 20.4. The topological polar surface area (TPSA) is 41.3 Å². The molecule has 4 nitrogen and oxygen atoms in total. The lowest BCUT2D eigenvalue weighted by Crippen LogP contribution is -2.33. The fourth-order valence-electron chi connectivity index (χ4n) is 3.20. The van der Waals surface area contributed by atoms with E-state index in [1.165, 1.54) is 18.6 Å². The van der Waals surface area contributed by atoms with Gasteiger partial charge in [-0.3, -0.25) is 4.90 Å². The zero-order valence-electron chi connectivity index (χ0n) is 12.6. The van der Waals surface area contributed by atoms with Crippen molar-refractivity contribution in [2.45, 2.75) is 38.0 Å². The molecular weight excluding hydrogens is 281 g/mol. The van der Waals surface area contributed by atoms with E-state index in [-0.39, 0.29) is 5.82 Å². The highest BCUT2D eigenvalue weighted by Gasteiger charge is 2.26. The Kier molecular flexibility index (Phi) is 4.85. The second-order valence-corrected chi connectivity index (χ2v) is 5.94. The molecule has 118 valence electrons. The van der Waals surface area contributed by atoms with Gasteiger partial charge in [0.25, 0.3) is 0 Å². The van der Waals surface area contributed by atoms with Crippen LogP contribution in [0.5, 0.6) is 0 Å². The van der Waals surface area contributed by atoms with Crippen molar-refractivity contribution in [1.82, 2.24) is 14.5 Å². The number of aromatic nitrogens is 2. The minimum Gasteiger partial charge on any atom is -0.388 e. The third-order valence-electron chi connectivity index (χ3n) is 4.45. The molecule has 2 unspecified atom stereocenters. The predicted molar refractivity (Wildman–Crippen MR) is 82.8 cm³/mol. The van der Waals surface area contributed by atoms with Crippen molar-refractivity contribution >= 4 is 0 Å². The van der Waals surface area contributed by atoms with Crippen molar-refractivity contribution in [3.05, 3.63) is 54.4 Å². The second-order valence-electron chi connectivity index (χ2n) is 5.94. The van der Waals surface area contributed by atoms with Crippen molar-refractivity contribution in [3.8, 4) is 0 Å². The fourth-order valence-corrected chi connectivity index (χ4v) is 3.20. The van der Waals surface area contributed by atoms with Gasteiger partial charge < -0.3 is 9.67 Å². The molecule has 22 heavy (non-hydrogen) atoms. The number of imidazole rings is 1. The molecule has 2 heterocycles. The molecular formula is C17H22FN3O. The number of rotatable bonds is 6. The highest BCUT2D eigenvalue weighted by atomic mass is 19.1. The molecule has 2 aromatic rings. The zero-order valence-corrected chi connectivity index (χ0v) is 12.6. The number of hydrogen-bond acceptors (Lipinski definition) is 3. The molecule has 1 fully saturated rings. The van der Waals surface area contributed by atoms with Crippen LogP contribution in [0.4, 0.5) is 4.39 Å². The Morgan fingerprint density at radius 1 is 1.27 bits per heavy atom. The monoisotopic (exact) mass is 303 g/mol. The van der Waals surface area contributed by atoms with Crippen molar-refractivity contribution in [1.29, 1.82) is 0 Å². The van der Waals surface area contributed by atoms with E-state index in [2.05, 4.69) is 14.5 Å². The summed E-state index contributed by atoms with van der Waals surface area (Å²) >= 11 is 0. The first-order valence-corrected chi connectivity index (χ1v) is 7.85. The van der Waals surface area contributed by atoms with Gasteiger partial charge in [0.2, 0.25) is 0 Å². The van der Waals surface area contributed by atoms with Crippen molar-refractivity contribution in [2.24, 2.45) is 0 Å². The van der Waals surface area contributed by atoms with Gasteiger partial charge in [0.05, 0.1) is 12.4 Å². The summed E-state index contributed by atoms with van der Waals surface area (Å²) in [6.07, 6.45) is 8.05. The van der Waals surface area contributed by atoms with E-state index in [4.69, 9.17) is 0 Å². The Hall–Kier alpha value is -1.72. The van der Waals surface area contributed by atoms with Gasteiger partial charge in [0.15, 0.2) is 0 Å². The minimum absolute atomic E-state index is 0.265. The van der Waals surface area contributed by atoms with Crippen molar-refractivity contribution < 1.29 is 9.50 Å². The summed E-state index contributed by atoms with van der Waals surface area (Å²) in [5.74, 6) is -0.265. The molecule has 0 saturated carbocycles. The van der Waals surface area contributed by atoms with Gasteiger partial charge in [0.1, 0.15) is 5.82 Å². The maximum absolute atomic E-state index is 13.0. The van der Waals surface area contributed by atoms with E-state index < -0.39 is 6.10 Å². The van der Waals surface area contributed by atoms with Crippen LogP contribution in [0.25, 0.3) is 0 Å². The standard InChI is InChI=1S/C17H22FN3O/c18-15-5-3-14(4-6-15)17(22)12-16-2-1-8-21(16)11-10-20-9-7-19-13-20/h3-7,9,13,16-17,22H,1-2,8,10-12H2. The van der Waals surface area contributed by atoms with Crippen LogP contribution in [-0.2, 0) is 6.54 Å². The molecule has 1 aromatic carbocycles. The molecule has 1 aromatic heterocycles. The Balaban J connectivity index is 1.55. The largest absolute Gasteiger partial charge is 0.388 e. The minimum atomic E-state index is -0.528. The summed E-state index contributed by atoms with van der Waals surface area (Å²) in [4.78, 5) is 6.49. The second kappa shape index (κ2) is 7.03. The van der Waals surface area contributed by atoms with E-state index in [1.807, 2.05) is 12.5 Å². The maximum Gasteiger partial charge on any atom is 0.123 e. The van der Waals surface area contributed by atoms with Gasteiger partial charge in [-0.05, 0) is 43.5 Å². The van der Waals surface area contributed by atoms with Crippen LogP contribution in [0.1, 0.15) is 30.9 Å². The highest BCUT2D eigenvalue weighted by molar-refractivity contribution is 5.18. The molecule has 0 spiro atoms. The zero-order chi connectivity index (χ0) is 15.4. The first-order chi connectivity index (χ1) is 10.7. The van der Waals surface area contributed by atoms with Crippen LogP contribution in [0, 0.1) is 5.82 Å². The van der Waals surface area contributed by atoms with E-state index in [0.717, 1.165) is 31.6 Å². The number of aliphatic hydroxyl groups is 1. The number of nitrogens with zero attached hydrogens (tertiary/aromatic N) is 3. The van der Waals surface area contributed by atoms with E-state index in [1.54, 1.807) is 18.3 Å². The Morgan fingerprint density at radius 2 is 2.09 bits per heavy atom. The summed E-state index contributed by atoms with van der Waals surface area (Å²) in [5.41, 5.74) is 0.794. The molecule has 2 atom stereocenters. The van der Waals surface area contributed by atoms with Crippen LogP contribution in [0.15, 0.2) is 43.0 Å². The van der Waals surface area contributed by atoms with E-state index in [9.17, 15) is 9.50 Å². The maximum atomic E-state index is 13.0. The molecule has 1 saturated heterocycles.